The van der Waals surface area contributed by atoms with Crippen LogP contribution in [0.25, 0.3) is 0 Å². The Bertz CT molecular complexity index is 702. The molecule has 7 nitrogen and oxygen atoms in total. The van der Waals surface area contributed by atoms with Gasteiger partial charge in [0.15, 0.2) is 0 Å². The lowest BCUT2D eigenvalue weighted by molar-refractivity contribution is 0.336. The fraction of sp³-hybridized carbons (Fsp3) is 0.333. The van der Waals surface area contributed by atoms with Gasteiger partial charge in [-0.3, -0.25) is 5.43 Å². The molecule has 1 saturated heterocycles. The van der Waals surface area contributed by atoms with Gasteiger partial charge >= 0.3 is 0 Å². The van der Waals surface area contributed by atoms with Gasteiger partial charge in [-0.05, 0) is 19.2 Å². The number of hydrazone groups is 1. The van der Waals surface area contributed by atoms with E-state index in [-0.39, 0.29) is 5.88 Å². The van der Waals surface area contributed by atoms with Crippen LogP contribution in [0.15, 0.2) is 45.7 Å². The minimum absolute atomic E-state index is 0.138. The predicted molar refractivity (Wildman–Crippen MR) is 92.2 cm³/mol. The van der Waals surface area contributed by atoms with Crippen LogP contribution in [0.1, 0.15) is 12.8 Å². The third kappa shape index (κ3) is 4.33. The normalized spacial score (nSPS) is 16.0. The van der Waals surface area contributed by atoms with Crippen LogP contribution in [0.3, 0.4) is 0 Å². The maximum Gasteiger partial charge on any atom is 0.253 e. The smallest absolute Gasteiger partial charge is 0.253 e. The molecule has 1 aromatic heterocycles. The van der Waals surface area contributed by atoms with Crippen molar-refractivity contribution in [1.82, 2.24) is 9.88 Å². The molecule has 2 aromatic rings. The van der Waals surface area contributed by atoms with E-state index in [1.54, 1.807) is 0 Å². The Morgan fingerprint density at radius 2 is 1.91 bits per heavy atom. The van der Waals surface area contributed by atoms with Crippen molar-refractivity contribution in [2.75, 3.05) is 25.6 Å². The zero-order valence-electron chi connectivity index (χ0n) is 12.8. The lowest BCUT2D eigenvalue weighted by Crippen LogP contribution is -2.30. The van der Waals surface area contributed by atoms with Gasteiger partial charge in [0.1, 0.15) is 0 Å². The summed E-state index contributed by atoms with van der Waals surface area (Å²) in [5.41, 5.74) is 4.74. The van der Waals surface area contributed by atoms with Crippen molar-refractivity contribution in [3.05, 3.63) is 30.3 Å². The Labute approximate surface area is 138 Å². The summed E-state index contributed by atoms with van der Waals surface area (Å²) in [6.07, 6.45) is 1.89. The molecule has 8 heteroatoms. The average Bonchev–Trinajstić information content (AvgIpc) is 2.93. The molecular formula is C15H18N6OS. The van der Waals surface area contributed by atoms with Crippen LogP contribution >= 0.6 is 11.3 Å². The highest BCUT2D eigenvalue weighted by molar-refractivity contribution is 7.19. The summed E-state index contributed by atoms with van der Waals surface area (Å²) in [4.78, 5) is 6.29. The maximum absolute atomic E-state index is 9.83. The molecule has 3 rings (SSSR count). The fourth-order valence-corrected chi connectivity index (χ4v) is 2.76. The topological polar surface area (TPSA) is 85.5 Å². The highest BCUT2D eigenvalue weighted by Crippen LogP contribution is 2.37. The van der Waals surface area contributed by atoms with Crippen LogP contribution < -0.4 is 5.43 Å². The molecule has 2 N–H and O–H groups in total. The molecule has 23 heavy (non-hydrogen) atoms. The van der Waals surface area contributed by atoms with E-state index in [0.717, 1.165) is 37.3 Å². The van der Waals surface area contributed by atoms with Gasteiger partial charge in [-0.2, -0.15) is 10.1 Å². The lowest BCUT2D eigenvalue weighted by atomic mass is 10.1. The Hall–Kier alpha value is -2.32. The zero-order valence-corrected chi connectivity index (χ0v) is 13.6. The number of azo groups is 1. The second-order valence-corrected chi connectivity index (χ2v) is 6.25. The minimum atomic E-state index is -0.138. The molecule has 120 valence electrons. The number of aromatic nitrogens is 1. The monoisotopic (exact) mass is 330 g/mol. The van der Waals surface area contributed by atoms with Gasteiger partial charge in [0.05, 0.1) is 5.69 Å². The number of nitrogens with zero attached hydrogens (tertiary/aromatic N) is 5. The predicted octanol–water partition coefficient (Wildman–Crippen LogP) is 3.76. The molecule has 1 fully saturated rings. The van der Waals surface area contributed by atoms with Crippen LogP contribution in [0.5, 0.6) is 5.88 Å². The summed E-state index contributed by atoms with van der Waals surface area (Å²) in [6.45, 7) is 2.03. The number of anilines is 1. The van der Waals surface area contributed by atoms with Gasteiger partial charge in [-0.25, -0.2) is 0 Å². The molecule has 0 bridgehead atoms. The van der Waals surface area contributed by atoms with Crippen molar-refractivity contribution in [3.8, 4) is 5.88 Å². The minimum Gasteiger partial charge on any atom is -0.491 e. The molecule has 0 aliphatic carbocycles. The Balaban J connectivity index is 1.64. The van der Waals surface area contributed by atoms with Crippen LogP contribution in [-0.4, -0.2) is 40.8 Å². The number of benzene rings is 1. The zero-order chi connectivity index (χ0) is 16.1. The maximum atomic E-state index is 9.83. The van der Waals surface area contributed by atoms with E-state index in [1.807, 2.05) is 30.3 Å². The van der Waals surface area contributed by atoms with E-state index < -0.39 is 0 Å². The Kier molecular flexibility index (Phi) is 4.94. The molecule has 0 spiro atoms. The Morgan fingerprint density at radius 3 is 2.65 bits per heavy atom. The van der Waals surface area contributed by atoms with Gasteiger partial charge < -0.3 is 10.0 Å². The Morgan fingerprint density at radius 1 is 1.17 bits per heavy atom. The van der Waals surface area contributed by atoms with Crippen LogP contribution in [0.2, 0.25) is 0 Å². The van der Waals surface area contributed by atoms with E-state index in [2.05, 4.69) is 37.7 Å². The first-order valence-corrected chi connectivity index (χ1v) is 8.19. The van der Waals surface area contributed by atoms with Crippen molar-refractivity contribution in [3.63, 3.8) is 0 Å². The standard InChI is InChI=1S/C15H18N6OS/c1-21-9-7-12(8-10-21)18-20-15-16-13(22)14(23-15)19-17-11-5-3-2-4-6-11/h2-6,22H,7-10H2,1H3,(H,16,20). The largest absolute Gasteiger partial charge is 0.491 e. The number of piperidine rings is 1. The molecule has 1 aliphatic heterocycles. The highest BCUT2D eigenvalue weighted by atomic mass is 32.1. The fourth-order valence-electron chi connectivity index (χ4n) is 2.13. The summed E-state index contributed by atoms with van der Waals surface area (Å²) in [5, 5.41) is 23.2. The van der Waals surface area contributed by atoms with Gasteiger partial charge in [-0.15, -0.1) is 10.2 Å². The first-order chi connectivity index (χ1) is 11.2. The average molecular weight is 330 g/mol. The molecule has 1 aliphatic rings. The van der Waals surface area contributed by atoms with E-state index in [1.165, 1.54) is 11.3 Å². The van der Waals surface area contributed by atoms with Crippen LogP contribution in [0.4, 0.5) is 15.8 Å². The van der Waals surface area contributed by atoms with E-state index in [4.69, 9.17) is 0 Å². The molecule has 1 aromatic carbocycles. The number of hydrogen-bond acceptors (Lipinski definition) is 8. The lowest BCUT2D eigenvalue weighted by Gasteiger charge is -2.22. The number of aromatic hydroxyl groups is 1. The van der Waals surface area contributed by atoms with Gasteiger partial charge in [0, 0.05) is 31.6 Å². The summed E-state index contributed by atoms with van der Waals surface area (Å²) in [6, 6.07) is 9.35. The SMILES string of the molecule is CN1CCC(=NNc2nc(O)c(N=Nc3ccccc3)s2)CC1. The molecular weight excluding hydrogens is 312 g/mol. The van der Waals surface area contributed by atoms with E-state index >= 15 is 0 Å². The van der Waals surface area contributed by atoms with Gasteiger partial charge in [0.2, 0.25) is 10.1 Å². The number of thiazole rings is 1. The highest BCUT2D eigenvalue weighted by Gasteiger charge is 2.12. The molecule has 0 radical (unpaired) electrons. The van der Waals surface area contributed by atoms with Crippen LogP contribution in [-0.2, 0) is 0 Å². The number of likely N-dealkylation sites (tertiary alicyclic amines) is 1. The van der Waals surface area contributed by atoms with Crippen molar-refractivity contribution in [2.24, 2.45) is 15.3 Å². The van der Waals surface area contributed by atoms with Crippen molar-refractivity contribution in [2.45, 2.75) is 12.8 Å². The molecule has 2 heterocycles. The molecule has 0 saturated carbocycles. The van der Waals surface area contributed by atoms with Crippen LogP contribution in [0, 0.1) is 0 Å². The second kappa shape index (κ2) is 7.30. The third-order valence-electron chi connectivity index (χ3n) is 3.48. The summed E-state index contributed by atoms with van der Waals surface area (Å²) in [7, 11) is 2.10. The summed E-state index contributed by atoms with van der Waals surface area (Å²) >= 11 is 1.22. The summed E-state index contributed by atoms with van der Waals surface area (Å²) < 4.78 is 0. The third-order valence-corrected chi connectivity index (χ3v) is 4.31. The quantitative estimate of drug-likeness (QED) is 0.660. The number of hydrogen-bond donors (Lipinski definition) is 2. The molecule has 0 unspecified atom stereocenters. The first kappa shape index (κ1) is 15.6. The molecule has 0 amide bonds. The van der Waals surface area contributed by atoms with Crippen molar-refractivity contribution in [1.29, 1.82) is 0 Å². The van der Waals surface area contributed by atoms with Gasteiger partial charge in [0.25, 0.3) is 5.88 Å². The molecule has 0 atom stereocenters. The number of rotatable bonds is 4. The summed E-state index contributed by atoms with van der Waals surface area (Å²) in [5.74, 6) is -0.138. The van der Waals surface area contributed by atoms with Crippen molar-refractivity contribution < 1.29 is 5.11 Å². The van der Waals surface area contributed by atoms with E-state index in [9.17, 15) is 5.11 Å². The number of nitrogens with one attached hydrogen (secondary N) is 1. The van der Waals surface area contributed by atoms with Gasteiger partial charge in [-0.1, -0.05) is 29.5 Å². The second-order valence-electron chi connectivity index (χ2n) is 5.28. The van der Waals surface area contributed by atoms with Crippen molar-refractivity contribution >= 4 is 32.9 Å². The van der Waals surface area contributed by atoms with E-state index in [0.29, 0.717) is 10.1 Å². The first-order valence-electron chi connectivity index (χ1n) is 7.37.